The Kier molecular flexibility index (Phi) is 3.43. The number of hydrogen-bond donors (Lipinski definition) is 0. The summed E-state index contributed by atoms with van der Waals surface area (Å²) in [7, 11) is 1.78. The van der Waals surface area contributed by atoms with Crippen LogP contribution in [0, 0.1) is 11.3 Å². The highest BCUT2D eigenvalue weighted by Crippen LogP contribution is 2.21. The van der Waals surface area contributed by atoms with Crippen LogP contribution in [0.3, 0.4) is 0 Å². The van der Waals surface area contributed by atoms with Gasteiger partial charge >= 0.3 is 0 Å². The van der Waals surface area contributed by atoms with Crippen LogP contribution in [0.2, 0.25) is 0 Å². The number of methoxy groups -OCH3 is 1. The van der Waals surface area contributed by atoms with E-state index in [9.17, 15) is 0 Å². The lowest BCUT2D eigenvalue weighted by Crippen LogP contribution is -2.36. The molecule has 0 aromatic heterocycles. The molecule has 3 nitrogen and oxygen atoms in total. The number of ether oxygens (including phenoxy) is 1. The average Bonchev–Trinajstić information content (AvgIpc) is 2.39. The average molecular weight is 216 g/mol. The second kappa shape index (κ2) is 5.00. The largest absolute Gasteiger partial charge is 0.381 e. The molecule has 1 heterocycles. The fraction of sp³-hybridized carbons (Fsp3) is 0.462. The van der Waals surface area contributed by atoms with Crippen LogP contribution in [-0.2, 0) is 4.74 Å². The molecule has 1 saturated heterocycles. The zero-order chi connectivity index (χ0) is 11.4. The van der Waals surface area contributed by atoms with Gasteiger partial charge in [0.05, 0.1) is 17.7 Å². The fourth-order valence-corrected chi connectivity index (χ4v) is 2.10. The lowest BCUT2D eigenvalue weighted by atomic mass is 10.1. The zero-order valence-electron chi connectivity index (χ0n) is 9.52. The highest BCUT2D eigenvalue weighted by Gasteiger charge is 2.18. The summed E-state index contributed by atoms with van der Waals surface area (Å²) in [6, 6.07) is 9.92. The van der Waals surface area contributed by atoms with Gasteiger partial charge in [0.2, 0.25) is 0 Å². The van der Waals surface area contributed by atoms with Crippen molar-refractivity contribution in [3.8, 4) is 6.07 Å². The molecule has 0 bridgehead atoms. The van der Waals surface area contributed by atoms with E-state index in [4.69, 9.17) is 10.00 Å². The van der Waals surface area contributed by atoms with Crippen LogP contribution in [0.15, 0.2) is 24.3 Å². The first kappa shape index (κ1) is 11.0. The van der Waals surface area contributed by atoms with Crippen molar-refractivity contribution in [2.75, 3.05) is 25.1 Å². The number of nitrogens with zero attached hydrogens (tertiary/aromatic N) is 2. The van der Waals surface area contributed by atoms with E-state index in [1.165, 1.54) is 5.69 Å². The van der Waals surface area contributed by atoms with Gasteiger partial charge in [0, 0.05) is 25.9 Å². The molecule has 0 unspecified atom stereocenters. The lowest BCUT2D eigenvalue weighted by molar-refractivity contribution is 0.0819. The second-order valence-corrected chi connectivity index (χ2v) is 4.08. The van der Waals surface area contributed by atoms with Gasteiger partial charge in [-0.15, -0.1) is 0 Å². The van der Waals surface area contributed by atoms with Crippen molar-refractivity contribution in [1.82, 2.24) is 0 Å². The second-order valence-electron chi connectivity index (χ2n) is 4.08. The van der Waals surface area contributed by atoms with E-state index in [0.29, 0.717) is 6.10 Å². The fourth-order valence-electron chi connectivity index (χ4n) is 2.10. The SMILES string of the molecule is COC1CCN(c2ccc(C#N)cc2)CC1. The van der Waals surface area contributed by atoms with Gasteiger partial charge in [-0.05, 0) is 37.1 Å². The first-order chi connectivity index (χ1) is 7.83. The highest BCUT2D eigenvalue weighted by atomic mass is 16.5. The van der Waals surface area contributed by atoms with Crippen molar-refractivity contribution >= 4 is 5.69 Å². The Hall–Kier alpha value is -1.53. The molecule has 16 heavy (non-hydrogen) atoms. The molecule has 84 valence electrons. The first-order valence-corrected chi connectivity index (χ1v) is 5.61. The molecule has 0 aliphatic carbocycles. The molecule has 1 aromatic carbocycles. The maximum absolute atomic E-state index is 8.73. The van der Waals surface area contributed by atoms with Crippen LogP contribution in [-0.4, -0.2) is 26.3 Å². The molecule has 1 aromatic rings. The summed E-state index contributed by atoms with van der Waals surface area (Å²) in [5, 5.41) is 8.73. The Morgan fingerprint density at radius 2 is 1.88 bits per heavy atom. The molecule has 0 spiro atoms. The predicted molar refractivity (Wildman–Crippen MR) is 63.4 cm³/mol. The van der Waals surface area contributed by atoms with Crippen LogP contribution in [0.5, 0.6) is 0 Å². The maximum Gasteiger partial charge on any atom is 0.0991 e. The van der Waals surface area contributed by atoms with E-state index in [0.717, 1.165) is 31.5 Å². The van der Waals surface area contributed by atoms with E-state index in [-0.39, 0.29) is 0 Å². The number of benzene rings is 1. The standard InChI is InChI=1S/C13H16N2O/c1-16-13-6-8-15(9-7-13)12-4-2-11(10-14)3-5-12/h2-5,13H,6-9H2,1H3. The number of hydrogen-bond acceptors (Lipinski definition) is 3. The topological polar surface area (TPSA) is 36.3 Å². The van der Waals surface area contributed by atoms with Crippen molar-refractivity contribution in [2.45, 2.75) is 18.9 Å². The van der Waals surface area contributed by atoms with E-state index < -0.39 is 0 Å². The van der Waals surface area contributed by atoms with E-state index >= 15 is 0 Å². The molecule has 1 aliphatic heterocycles. The minimum absolute atomic E-state index is 0.412. The van der Waals surface area contributed by atoms with Gasteiger partial charge in [-0.3, -0.25) is 0 Å². The number of piperidine rings is 1. The molecule has 0 N–H and O–H groups in total. The zero-order valence-corrected chi connectivity index (χ0v) is 9.52. The van der Waals surface area contributed by atoms with E-state index in [1.807, 2.05) is 24.3 Å². The van der Waals surface area contributed by atoms with E-state index in [1.54, 1.807) is 7.11 Å². The highest BCUT2D eigenvalue weighted by molar-refractivity contribution is 5.49. The summed E-state index contributed by atoms with van der Waals surface area (Å²) in [6.07, 6.45) is 2.57. The van der Waals surface area contributed by atoms with Gasteiger partial charge in [0.1, 0.15) is 0 Å². The maximum atomic E-state index is 8.73. The van der Waals surface area contributed by atoms with Gasteiger partial charge in [-0.25, -0.2) is 0 Å². The minimum atomic E-state index is 0.412. The van der Waals surface area contributed by atoms with Gasteiger partial charge in [0.25, 0.3) is 0 Å². The Balaban J connectivity index is 2.00. The van der Waals surface area contributed by atoms with Gasteiger partial charge in [0.15, 0.2) is 0 Å². The van der Waals surface area contributed by atoms with Crippen molar-refractivity contribution in [2.24, 2.45) is 0 Å². The Morgan fingerprint density at radius 1 is 1.25 bits per heavy atom. The van der Waals surface area contributed by atoms with Crippen molar-refractivity contribution in [1.29, 1.82) is 5.26 Å². The summed E-state index contributed by atoms with van der Waals surface area (Å²) in [6.45, 7) is 2.06. The van der Waals surface area contributed by atoms with Crippen molar-refractivity contribution < 1.29 is 4.74 Å². The third-order valence-electron chi connectivity index (χ3n) is 3.14. The van der Waals surface area contributed by atoms with Crippen LogP contribution >= 0.6 is 0 Å². The molecule has 3 heteroatoms. The number of nitriles is 1. The normalized spacial score (nSPS) is 17.1. The molecular formula is C13H16N2O. The Morgan fingerprint density at radius 3 is 2.38 bits per heavy atom. The number of anilines is 1. The summed E-state index contributed by atoms with van der Waals surface area (Å²) < 4.78 is 5.34. The van der Waals surface area contributed by atoms with Crippen molar-refractivity contribution in [3.05, 3.63) is 29.8 Å². The van der Waals surface area contributed by atoms with Crippen LogP contribution < -0.4 is 4.90 Å². The van der Waals surface area contributed by atoms with Gasteiger partial charge in [-0.2, -0.15) is 5.26 Å². The quantitative estimate of drug-likeness (QED) is 0.760. The third kappa shape index (κ3) is 2.34. The Labute approximate surface area is 96.2 Å². The molecule has 1 aliphatic rings. The molecule has 0 atom stereocenters. The summed E-state index contributed by atoms with van der Waals surface area (Å²) in [5.41, 5.74) is 1.92. The van der Waals surface area contributed by atoms with Gasteiger partial charge < -0.3 is 9.64 Å². The lowest BCUT2D eigenvalue weighted by Gasteiger charge is -2.32. The molecule has 0 radical (unpaired) electrons. The summed E-state index contributed by atoms with van der Waals surface area (Å²) in [4.78, 5) is 2.34. The van der Waals surface area contributed by atoms with Gasteiger partial charge in [-0.1, -0.05) is 0 Å². The summed E-state index contributed by atoms with van der Waals surface area (Å²) in [5.74, 6) is 0. The molecule has 1 fully saturated rings. The minimum Gasteiger partial charge on any atom is -0.381 e. The predicted octanol–water partition coefficient (Wildman–Crippen LogP) is 2.17. The van der Waals surface area contributed by atoms with Crippen LogP contribution in [0.25, 0.3) is 0 Å². The molecular weight excluding hydrogens is 200 g/mol. The summed E-state index contributed by atoms with van der Waals surface area (Å²) >= 11 is 0. The molecule has 0 amide bonds. The number of rotatable bonds is 2. The van der Waals surface area contributed by atoms with Crippen LogP contribution in [0.4, 0.5) is 5.69 Å². The van der Waals surface area contributed by atoms with E-state index in [2.05, 4.69) is 11.0 Å². The molecule has 2 rings (SSSR count). The Bertz CT molecular complexity index is 372. The first-order valence-electron chi connectivity index (χ1n) is 5.61. The molecule has 0 saturated carbocycles. The van der Waals surface area contributed by atoms with Crippen molar-refractivity contribution in [3.63, 3.8) is 0 Å². The smallest absolute Gasteiger partial charge is 0.0991 e. The van der Waals surface area contributed by atoms with Crippen LogP contribution in [0.1, 0.15) is 18.4 Å². The third-order valence-corrected chi connectivity index (χ3v) is 3.14. The monoisotopic (exact) mass is 216 g/mol.